The maximum atomic E-state index is 13.4. The molecule has 3 aromatic rings. The summed E-state index contributed by atoms with van der Waals surface area (Å²) in [7, 11) is 0. The van der Waals surface area contributed by atoms with E-state index in [0.717, 1.165) is 23.4 Å². The first-order valence-electron chi connectivity index (χ1n) is 9.52. The van der Waals surface area contributed by atoms with Crippen molar-refractivity contribution in [3.63, 3.8) is 0 Å². The molecular weight excluding hydrogens is 374 g/mol. The van der Waals surface area contributed by atoms with E-state index in [9.17, 15) is 8.78 Å². The molecular formula is C22H24F2N4O. The number of aliphatic imine (C=N–C) groups is 1. The lowest BCUT2D eigenvalue weighted by atomic mass is 10.1. The maximum absolute atomic E-state index is 13.4. The van der Waals surface area contributed by atoms with Gasteiger partial charge >= 0.3 is 0 Å². The van der Waals surface area contributed by atoms with Gasteiger partial charge in [-0.25, -0.2) is 18.8 Å². The molecule has 0 radical (unpaired) electrons. The molecule has 0 saturated heterocycles. The second kappa shape index (κ2) is 9.82. The molecule has 0 fully saturated rings. The van der Waals surface area contributed by atoms with Gasteiger partial charge in [0.25, 0.3) is 0 Å². The number of aryl methyl sites for hydroxylation is 1. The number of hydrogen-bond donors (Lipinski definition) is 2. The van der Waals surface area contributed by atoms with Crippen molar-refractivity contribution < 1.29 is 13.2 Å². The molecule has 29 heavy (non-hydrogen) atoms. The average molecular weight is 398 g/mol. The predicted octanol–water partition coefficient (Wildman–Crippen LogP) is 4.23. The minimum absolute atomic E-state index is 0.213. The summed E-state index contributed by atoms with van der Waals surface area (Å²) in [5, 5.41) is 6.44. The fraction of sp³-hybridized carbons (Fsp3) is 0.273. The van der Waals surface area contributed by atoms with Crippen LogP contribution in [0, 0.1) is 18.6 Å². The lowest BCUT2D eigenvalue weighted by Crippen LogP contribution is -2.38. The Labute approximate surface area is 168 Å². The van der Waals surface area contributed by atoms with Crippen LogP contribution in [0.2, 0.25) is 0 Å². The van der Waals surface area contributed by atoms with Crippen molar-refractivity contribution in [1.82, 2.24) is 15.6 Å². The normalized spacial score (nSPS) is 11.5. The third kappa shape index (κ3) is 5.88. The molecule has 2 N–H and O–H groups in total. The summed E-state index contributed by atoms with van der Waals surface area (Å²) in [5.41, 5.74) is 3.08. The molecule has 0 atom stereocenters. The molecule has 2 aromatic carbocycles. The van der Waals surface area contributed by atoms with Gasteiger partial charge in [-0.1, -0.05) is 12.1 Å². The van der Waals surface area contributed by atoms with Crippen molar-refractivity contribution in [2.75, 3.05) is 13.1 Å². The number of nitrogens with zero attached hydrogens (tertiary/aromatic N) is 2. The smallest absolute Gasteiger partial charge is 0.226 e. The van der Waals surface area contributed by atoms with Crippen LogP contribution in [0.1, 0.15) is 23.7 Å². The van der Waals surface area contributed by atoms with Crippen LogP contribution in [-0.4, -0.2) is 24.0 Å². The van der Waals surface area contributed by atoms with Crippen molar-refractivity contribution in [2.24, 2.45) is 4.99 Å². The van der Waals surface area contributed by atoms with Crippen molar-refractivity contribution in [3.8, 4) is 11.5 Å². The summed E-state index contributed by atoms with van der Waals surface area (Å²) in [5.74, 6) is 0.634. The van der Waals surface area contributed by atoms with E-state index < -0.39 is 0 Å². The number of guanidine groups is 1. The van der Waals surface area contributed by atoms with Gasteiger partial charge in [0.1, 0.15) is 17.9 Å². The van der Waals surface area contributed by atoms with Crippen LogP contribution in [0.25, 0.3) is 11.5 Å². The molecule has 0 aliphatic rings. The van der Waals surface area contributed by atoms with Gasteiger partial charge in [-0.15, -0.1) is 0 Å². The fourth-order valence-electron chi connectivity index (χ4n) is 2.77. The van der Waals surface area contributed by atoms with Gasteiger partial charge in [-0.05, 0) is 55.3 Å². The SMILES string of the molecule is CCNC(=NCc1ccc(F)c(C)c1)NCCc1coc(-c2ccc(F)cc2)n1. The molecule has 5 nitrogen and oxygen atoms in total. The molecule has 1 aromatic heterocycles. The minimum atomic E-state index is -0.296. The van der Waals surface area contributed by atoms with E-state index in [0.29, 0.717) is 36.9 Å². The molecule has 0 spiro atoms. The highest BCUT2D eigenvalue weighted by Gasteiger charge is 2.07. The van der Waals surface area contributed by atoms with Crippen LogP contribution < -0.4 is 10.6 Å². The standard InChI is InChI=1S/C22H24F2N4O/c1-3-25-22(27-13-16-4-9-20(24)15(2)12-16)26-11-10-19-14-29-21(28-19)17-5-7-18(23)8-6-17/h4-9,12,14H,3,10-11,13H2,1-2H3,(H2,25,26,27). The van der Waals surface area contributed by atoms with Gasteiger partial charge in [0, 0.05) is 25.1 Å². The third-order valence-corrected chi connectivity index (χ3v) is 4.30. The average Bonchev–Trinajstić information content (AvgIpc) is 3.18. The van der Waals surface area contributed by atoms with Gasteiger partial charge in [-0.2, -0.15) is 0 Å². The van der Waals surface area contributed by atoms with Crippen LogP contribution >= 0.6 is 0 Å². The van der Waals surface area contributed by atoms with Gasteiger partial charge in [-0.3, -0.25) is 0 Å². The molecule has 0 aliphatic heterocycles. The third-order valence-electron chi connectivity index (χ3n) is 4.30. The number of nitrogens with one attached hydrogen (secondary N) is 2. The molecule has 0 aliphatic carbocycles. The van der Waals surface area contributed by atoms with Crippen LogP contribution in [0.15, 0.2) is 58.1 Å². The summed E-state index contributed by atoms with van der Waals surface area (Å²) >= 11 is 0. The summed E-state index contributed by atoms with van der Waals surface area (Å²) in [6.45, 7) is 5.53. The monoisotopic (exact) mass is 398 g/mol. The Balaban J connectivity index is 1.55. The predicted molar refractivity (Wildman–Crippen MR) is 110 cm³/mol. The molecule has 0 saturated carbocycles. The van der Waals surface area contributed by atoms with Gasteiger partial charge < -0.3 is 15.1 Å². The number of rotatable bonds is 7. The highest BCUT2D eigenvalue weighted by atomic mass is 19.1. The van der Waals surface area contributed by atoms with Crippen LogP contribution in [0.3, 0.4) is 0 Å². The summed E-state index contributed by atoms with van der Waals surface area (Å²) < 4.78 is 31.9. The van der Waals surface area contributed by atoms with E-state index in [1.165, 1.54) is 18.2 Å². The Morgan fingerprint density at radius 1 is 1.10 bits per heavy atom. The molecule has 0 amide bonds. The minimum Gasteiger partial charge on any atom is -0.444 e. The number of oxazole rings is 1. The van der Waals surface area contributed by atoms with Crippen LogP contribution in [-0.2, 0) is 13.0 Å². The molecule has 0 unspecified atom stereocenters. The maximum Gasteiger partial charge on any atom is 0.226 e. The van der Waals surface area contributed by atoms with E-state index in [4.69, 9.17) is 4.42 Å². The summed E-state index contributed by atoms with van der Waals surface area (Å²) in [4.78, 5) is 8.98. The van der Waals surface area contributed by atoms with Crippen LogP contribution in [0.4, 0.5) is 8.78 Å². The number of aromatic nitrogens is 1. The van der Waals surface area contributed by atoms with Crippen molar-refractivity contribution in [1.29, 1.82) is 0 Å². The number of halogens is 2. The fourth-order valence-corrected chi connectivity index (χ4v) is 2.77. The van der Waals surface area contributed by atoms with Crippen LogP contribution in [0.5, 0.6) is 0 Å². The zero-order valence-electron chi connectivity index (χ0n) is 16.5. The summed E-state index contributed by atoms with van der Waals surface area (Å²) in [6.07, 6.45) is 2.25. The van der Waals surface area contributed by atoms with Gasteiger partial charge in [0.15, 0.2) is 5.96 Å². The highest BCUT2D eigenvalue weighted by Crippen LogP contribution is 2.19. The van der Waals surface area contributed by atoms with E-state index >= 15 is 0 Å². The van der Waals surface area contributed by atoms with Crippen molar-refractivity contribution >= 4 is 5.96 Å². The van der Waals surface area contributed by atoms with E-state index in [-0.39, 0.29) is 11.6 Å². The van der Waals surface area contributed by atoms with Crippen molar-refractivity contribution in [2.45, 2.75) is 26.8 Å². The number of benzene rings is 2. The molecule has 1 heterocycles. The Hall–Kier alpha value is -3.22. The lowest BCUT2D eigenvalue weighted by molar-refractivity contribution is 0.571. The molecule has 0 bridgehead atoms. The largest absolute Gasteiger partial charge is 0.444 e. The highest BCUT2D eigenvalue weighted by molar-refractivity contribution is 5.79. The molecule has 152 valence electrons. The zero-order valence-corrected chi connectivity index (χ0v) is 16.5. The molecule has 3 rings (SSSR count). The van der Waals surface area contributed by atoms with Crippen molar-refractivity contribution in [3.05, 3.63) is 77.2 Å². The Bertz CT molecular complexity index is 967. The second-order valence-corrected chi connectivity index (χ2v) is 6.61. The Morgan fingerprint density at radius 2 is 1.90 bits per heavy atom. The first kappa shape index (κ1) is 20.5. The van der Waals surface area contributed by atoms with Gasteiger partial charge in [0.05, 0.1) is 12.2 Å². The Morgan fingerprint density at radius 3 is 2.62 bits per heavy atom. The summed E-state index contributed by atoms with van der Waals surface area (Å²) in [6, 6.07) is 11.0. The molecule has 7 heteroatoms. The quantitative estimate of drug-likeness (QED) is 0.462. The Kier molecular flexibility index (Phi) is 6.94. The first-order valence-corrected chi connectivity index (χ1v) is 9.52. The first-order chi connectivity index (χ1) is 14.0. The lowest BCUT2D eigenvalue weighted by Gasteiger charge is -2.10. The van der Waals surface area contributed by atoms with E-state index in [1.807, 2.05) is 6.92 Å². The number of hydrogen-bond acceptors (Lipinski definition) is 3. The van der Waals surface area contributed by atoms with E-state index in [2.05, 4.69) is 20.6 Å². The topological polar surface area (TPSA) is 62.5 Å². The van der Waals surface area contributed by atoms with Gasteiger partial charge in [0.2, 0.25) is 5.89 Å². The van der Waals surface area contributed by atoms with E-state index in [1.54, 1.807) is 37.5 Å². The zero-order chi connectivity index (χ0) is 20.6. The second-order valence-electron chi connectivity index (χ2n) is 6.61.